The number of aromatic nitrogens is 1. The Bertz CT molecular complexity index is 776. The summed E-state index contributed by atoms with van der Waals surface area (Å²) in [7, 11) is 0. The van der Waals surface area contributed by atoms with Gasteiger partial charge in [-0.2, -0.15) is 0 Å². The molecule has 102 valence electrons. The van der Waals surface area contributed by atoms with E-state index in [0.717, 1.165) is 25.8 Å². The maximum absolute atomic E-state index is 10.8. The highest BCUT2D eigenvalue weighted by atomic mass is 32.1. The Balaban J connectivity index is 1.73. The van der Waals surface area contributed by atoms with Gasteiger partial charge in [-0.05, 0) is 31.2 Å². The van der Waals surface area contributed by atoms with E-state index in [2.05, 4.69) is 16.4 Å². The van der Waals surface area contributed by atoms with Crippen LogP contribution in [0.25, 0.3) is 10.2 Å². The first-order valence-electron chi connectivity index (χ1n) is 6.03. The molecule has 20 heavy (non-hydrogen) atoms. The van der Waals surface area contributed by atoms with Gasteiger partial charge in [0.15, 0.2) is 0 Å². The van der Waals surface area contributed by atoms with Crippen LogP contribution in [0.1, 0.15) is 20.2 Å². The van der Waals surface area contributed by atoms with Crippen LogP contribution < -0.4 is 5.32 Å². The van der Waals surface area contributed by atoms with E-state index in [4.69, 9.17) is 5.11 Å². The number of carbonyl (C=O) groups is 1. The number of fused-ring (bicyclic) bond motifs is 1. The van der Waals surface area contributed by atoms with Crippen molar-refractivity contribution in [1.82, 2.24) is 4.98 Å². The van der Waals surface area contributed by atoms with E-state index in [0.29, 0.717) is 12.1 Å². The number of carboxylic acid groups (broad SMARTS) is 1. The molecule has 0 bridgehead atoms. The molecule has 6 heteroatoms. The number of aryl methyl sites for hydroxylation is 1. The first-order valence-corrected chi connectivity index (χ1v) is 7.73. The monoisotopic (exact) mass is 304 g/mol. The third-order valence-electron chi connectivity index (χ3n) is 2.86. The summed E-state index contributed by atoms with van der Waals surface area (Å²) in [6, 6.07) is 7.77. The fraction of sp³-hybridized carbons (Fsp3) is 0.143. The molecule has 3 aromatic rings. The average molecular weight is 304 g/mol. The Kier molecular flexibility index (Phi) is 3.42. The van der Waals surface area contributed by atoms with E-state index in [1.165, 1.54) is 11.3 Å². The Hall–Kier alpha value is -1.92. The molecule has 0 fully saturated rings. The maximum atomic E-state index is 10.8. The Morgan fingerprint density at radius 1 is 1.40 bits per heavy atom. The van der Waals surface area contributed by atoms with Gasteiger partial charge in [-0.1, -0.05) is 0 Å². The average Bonchev–Trinajstić information content (AvgIpc) is 3.00. The summed E-state index contributed by atoms with van der Waals surface area (Å²) in [5, 5.41) is 14.9. The minimum absolute atomic E-state index is 0.348. The highest BCUT2D eigenvalue weighted by Gasteiger charge is 2.06. The number of aromatic carboxylic acids is 1. The number of thiophene rings is 1. The minimum Gasteiger partial charge on any atom is -0.478 e. The Morgan fingerprint density at radius 2 is 2.25 bits per heavy atom. The summed E-state index contributed by atoms with van der Waals surface area (Å²) in [4.78, 5) is 16.2. The lowest BCUT2D eigenvalue weighted by Gasteiger charge is -2.04. The summed E-state index contributed by atoms with van der Waals surface area (Å²) < 4.78 is 1.16. The van der Waals surface area contributed by atoms with Crippen molar-refractivity contribution in [3.8, 4) is 0 Å². The minimum atomic E-state index is -0.881. The second-order valence-corrected chi connectivity index (χ2v) is 6.61. The van der Waals surface area contributed by atoms with Gasteiger partial charge in [0.05, 0.1) is 20.8 Å². The van der Waals surface area contributed by atoms with Crippen molar-refractivity contribution in [2.75, 3.05) is 5.32 Å². The molecule has 0 saturated heterocycles. The van der Waals surface area contributed by atoms with Crippen molar-refractivity contribution < 1.29 is 9.90 Å². The first kappa shape index (κ1) is 13.1. The SMILES string of the molecule is Cc1nc2ccc(NCc3cc(C(=O)O)cs3)cc2s1. The molecule has 2 heterocycles. The topological polar surface area (TPSA) is 62.2 Å². The zero-order chi connectivity index (χ0) is 14.1. The number of hydrogen-bond donors (Lipinski definition) is 2. The molecular weight excluding hydrogens is 292 g/mol. The van der Waals surface area contributed by atoms with Crippen molar-refractivity contribution in [3.63, 3.8) is 0 Å². The van der Waals surface area contributed by atoms with Crippen molar-refractivity contribution in [1.29, 1.82) is 0 Å². The third kappa shape index (κ3) is 2.66. The number of benzene rings is 1. The van der Waals surface area contributed by atoms with E-state index in [1.807, 2.05) is 19.1 Å². The summed E-state index contributed by atoms with van der Waals surface area (Å²) in [6.07, 6.45) is 0. The molecule has 0 radical (unpaired) electrons. The summed E-state index contributed by atoms with van der Waals surface area (Å²) in [5.41, 5.74) is 2.38. The van der Waals surface area contributed by atoms with Gasteiger partial charge in [0.2, 0.25) is 0 Å². The normalized spacial score (nSPS) is 10.8. The second-order valence-electron chi connectivity index (χ2n) is 4.38. The van der Waals surface area contributed by atoms with Crippen LogP contribution in [0.2, 0.25) is 0 Å². The van der Waals surface area contributed by atoms with Gasteiger partial charge in [-0.3, -0.25) is 0 Å². The summed E-state index contributed by atoms with van der Waals surface area (Å²) in [5.74, 6) is -0.881. The zero-order valence-electron chi connectivity index (χ0n) is 10.7. The predicted molar refractivity (Wildman–Crippen MR) is 83.0 cm³/mol. The molecule has 0 amide bonds. The molecule has 0 spiro atoms. The molecule has 3 rings (SSSR count). The van der Waals surface area contributed by atoms with Gasteiger partial charge in [0.1, 0.15) is 0 Å². The Labute approximate surface area is 123 Å². The largest absolute Gasteiger partial charge is 0.478 e. The number of rotatable bonds is 4. The molecule has 0 atom stereocenters. The number of hydrogen-bond acceptors (Lipinski definition) is 5. The number of thiazole rings is 1. The fourth-order valence-electron chi connectivity index (χ4n) is 1.92. The smallest absolute Gasteiger partial charge is 0.336 e. The molecule has 0 unspecified atom stereocenters. The van der Waals surface area contributed by atoms with Gasteiger partial charge in [-0.25, -0.2) is 9.78 Å². The highest BCUT2D eigenvalue weighted by molar-refractivity contribution is 7.18. The van der Waals surface area contributed by atoms with Crippen molar-refractivity contribution in [2.45, 2.75) is 13.5 Å². The van der Waals surface area contributed by atoms with Crippen LogP contribution in [0.3, 0.4) is 0 Å². The maximum Gasteiger partial charge on any atom is 0.336 e. The second kappa shape index (κ2) is 5.22. The van der Waals surface area contributed by atoms with Crippen LogP contribution in [0, 0.1) is 6.92 Å². The van der Waals surface area contributed by atoms with Crippen molar-refractivity contribution in [2.24, 2.45) is 0 Å². The van der Waals surface area contributed by atoms with Crippen LogP contribution in [0.4, 0.5) is 5.69 Å². The quantitative estimate of drug-likeness (QED) is 0.765. The number of anilines is 1. The van der Waals surface area contributed by atoms with E-state index in [1.54, 1.807) is 22.8 Å². The lowest BCUT2D eigenvalue weighted by atomic mass is 10.3. The van der Waals surface area contributed by atoms with Crippen LogP contribution in [0.15, 0.2) is 29.6 Å². The molecule has 2 aromatic heterocycles. The summed E-state index contributed by atoms with van der Waals surface area (Å²) >= 11 is 3.12. The van der Waals surface area contributed by atoms with Gasteiger partial charge >= 0.3 is 5.97 Å². The molecule has 0 saturated carbocycles. The van der Waals surface area contributed by atoms with Gasteiger partial charge in [-0.15, -0.1) is 22.7 Å². The van der Waals surface area contributed by atoms with E-state index in [9.17, 15) is 4.79 Å². The summed E-state index contributed by atoms with van der Waals surface area (Å²) in [6.45, 7) is 2.62. The van der Waals surface area contributed by atoms with Crippen molar-refractivity contribution >= 4 is 44.5 Å². The molecule has 0 aliphatic heterocycles. The standard InChI is InChI=1S/C14H12N2O2S2/c1-8-16-12-3-2-10(5-13(12)20-8)15-6-11-4-9(7-19-11)14(17)18/h2-5,7,15H,6H2,1H3,(H,17,18). The highest BCUT2D eigenvalue weighted by Crippen LogP contribution is 2.25. The molecule has 4 nitrogen and oxygen atoms in total. The van der Waals surface area contributed by atoms with E-state index in [-0.39, 0.29) is 0 Å². The van der Waals surface area contributed by atoms with Gasteiger partial charge < -0.3 is 10.4 Å². The molecular formula is C14H12N2O2S2. The molecule has 2 N–H and O–H groups in total. The number of nitrogens with one attached hydrogen (secondary N) is 1. The molecule has 0 aliphatic carbocycles. The van der Waals surface area contributed by atoms with Crippen LogP contribution >= 0.6 is 22.7 Å². The number of nitrogens with zero attached hydrogens (tertiary/aromatic N) is 1. The molecule has 0 aliphatic rings. The fourth-order valence-corrected chi connectivity index (χ4v) is 3.59. The van der Waals surface area contributed by atoms with Crippen LogP contribution in [-0.4, -0.2) is 16.1 Å². The first-order chi connectivity index (χ1) is 9.61. The van der Waals surface area contributed by atoms with Crippen LogP contribution in [0.5, 0.6) is 0 Å². The zero-order valence-corrected chi connectivity index (χ0v) is 12.3. The van der Waals surface area contributed by atoms with Gasteiger partial charge in [0.25, 0.3) is 0 Å². The van der Waals surface area contributed by atoms with Crippen molar-refractivity contribution in [3.05, 3.63) is 45.1 Å². The van der Waals surface area contributed by atoms with Crippen LogP contribution in [-0.2, 0) is 6.54 Å². The van der Waals surface area contributed by atoms with E-state index < -0.39 is 5.97 Å². The lowest BCUT2D eigenvalue weighted by Crippen LogP contribution is -1.97. The van der Waals surface area contributed by atoms with Gasteiger partial charge in [0, 0.05) is 22.5 Å². The third-order valence-corrected chi connectivity index (χ3v) is 4.73. The Morgan fingerprint density at radius 3 is 3.00 bits per heavy atom. The number of carboxylic acids is 1. The van der Waals surface area contributed by atoms with E-state index >= 15 is 0 Å². The lowest BCUT2D eigenvalue weighted by molar-refractivity contribution is 0.0697. The molecule has 1 aromatic carbocycles. The predicted octanol–water partition coefficient (Wildman–Crippen LogP) is 3.98.